The normalized spacial score (nSPS) is 14.3. The monoisotopic (exact) mass is 291 g/mol. The van der Waals surface area contributed by atoms with Crippen molar-refractivity contribution in [3.05, 3.63) is 58.6 Å². The Balaban J connectivity index is 2.02. The van der Waals surface area contributed by atoms with E-state index in [4.69, 9.17) is 23.2 Å². The van der Waals surface area contributed by atoms with Crippen LogP contribution in [0.25, 0.3) is 0 Å². The quantitative estimate of drug-likeness (QED) is 0.691. The van der Waals surface area contributed by atoms with Crippen LogP contribution >= 0.6 is 23.2 Å². The number of hydrogen-bond donors (Lipinski definition) is 0. The van der Waals surface area contributed by atoms with Gasteiger partial charge in [-0.3, -0.25) is 0 Å². The minimum Gasteiger partial charge on any atom is -0.341 e. The molecule has 0 N–H and O–H groups in total. The fourth-order valence-corrected chi connectivity index (χ4v) is 3.16. The molecule has 3 heteroatoms. The molecule has 0 saturated carbocycles. The first-order valence-electron chi connectivity index (χ1n) is 6.49. The third kappa shape index (κ3) is 2.45. The van der Waals surface area contributed by atoms with Gasteiger partial charge in [-0.15, -0.1) is 11.6 Å². The van der Waals surface area contributed by atoms with Gasteiger partial charge in [-0.05, 0) is 42.2 Å². The van der Waals surface area contributed by atoms with Crippen molar-refractivity contribution in [2.75, 3.05) is 11.4 Å². The number of rotatable bonds is 2. The maximum Gasteiger partial charge on any atom is 0.0488 e. The summed E-state index contributed by atoms with van der Waals surface area (Å²) >= 11 is 12.1. The number of anilines is 2. The second kappa shape index (κ2) is 5.44. The van der Waals surface area contributed by atoms with E-state index < -0.39 is 0 Å². The minimum atomic E-state index is 0.454. The maximum absolute atomic E-state index is 6.26. The molecule has 0 atom stereocenters. The zero-order chi connectivity index (χ0) is 13.2. The summed E-state index contributed by atoms with van der Waals surface area (Å²) in [5, 5.41) is 0.746. The molecule has 0 amide bonds. The van der Waals surface area contributed by atoms with Gasteiger partial charge in [-0.1, -0.05) is 35.9 Å². The molecule has 0 bridgehead atoms. The van der Waals surface area contributed by atoms with E-state index >= 15 is 0 Å². The number of para-hydroxylation sites is 1. The predicted molar refractivity (Wildman–Crippen MR) is 82.8 cm³/mol. The zero-order valence-electron chi connectivity index (χ0n) is 10.6. The Morgan fingerprint density at radius 3 is 2.74 bits per heavy atom. The van der Waals surface area contributed by atoms with Gasteiger partial charge in [0.15, 0.2) is 0 Å². The van der Waals surface area contributed by atoms with Crippen molar-refractivity contribution < 1.29 is 0 Å². The Morgan fingerprint density at radius 2 is 1.95 bits per heavy atom. The van der Waals surface area contributed by atoms with E-state index in [0.29, 0.717) is 5.88 Å². The number of aryl methyl sites for hydroxylation is 1. The number of halogens is 2. The van der Waals surface area contributed by atoms with Gasteiger partial charge in [0.25, 0.3) is 0 Å². The lowest BCUT2D eigenvalue weighted by Crippen LogP contribution is -2.24. The first-order chi connectivity index (χ1) is 9.29. The molecule has 1 aliphatic rings. The molecular formula is C16H15Cl2N. The van der Waals surface area contributed by atoms with Crippen LogP contribution in [0, 0.1) is 0 Å². The molecule has 0 fully saturated rings. The highest BCUT2D eigenvalue weighted by Crippen LogP contribution is 2.35. The van der Waals surface area contributed by atoms with Crippen molar-refractivity contribution in [3.8, 4) is 0 Å². The summed E-state index contributed by atoms with van der Waals surface area (Å²) in [6.45, 7) is 1.04. The predicted octanol–water partition coefficient (Wildman–Crippen LogP) is 5.16. The molecule has 98 valence electrons. The summed E-state index contributed by atoms with van der Waals surface area (Å²) in [4.78, 5) is 2.34. The van der Waals surface area contributed by atoms with Gasteiger partial charge < -0.3 is 4.90 Å². The maximum atomic E-state index is 6.26. The summed E-state index contributed by atoms with van der Waals surface area (Å²) in [6, 6.07) is 14.7. The zero-order valence-corrected chi connectivity index (χ0v) is 12.1. The molecule has 0 aliphatic carbocycles. The SMILES string of the molecule is ClCc1ccc(N2CCCc3ccccc32)cc1Cl. The van der Waals surface area contributed by atoms with Crippen LogP contribution < -0.4 is 4.90 Å². The average Bonchev–Trinajstić information content (AvgIpc) is 2.46. The standard InChI is InChI=1S/C16H15Cl2N/c17-11-13-7-8-14(10-15(13)18)19-9-3-5-12-4-1-2-6-16(12)19/h1-2,4,6-8,10H,3,5,9,11H2. The van der Waals surface area contributed by atoms with E-state index in [2.05, 4.69) is 35.2 Å². The number of alkyl halides is 1. The first-order valence-corrected chi connectivity index (χ1v) is 7.40. The highest BCUT2D eigenvalue weighted by molar-refractivity contribution is 6.32. The summed E-state index contributed by atoms with van der Waals surface area (Å²) in [5.74, 6) is 0.454. The number of hydrogen-bond acceptors (Lipinski definition) is 1. The molecule has 3 rings (SSSR count). The van der Waals surface area contributed by atoms with E-state index in [1.165, 1.54) is 17.7 Å². The molecule has 1 aliphatic heterocycles. The Labute approximate surface area is 123 Å². The molecule has 2 aromatic rings. The topological polar surface area (TPSA) is 3.24 Å². The van der Waals surface area contributed by atoms with Crippen molar-refractivity contribution in [2.45, 2.75) is 18.7 Å². The van der Waals surface area contributed by atoms with Crippen molar-refractivity contribution in [2.24, 2.45) is 0 Å². The van der Waals surface area contributed by atoms with E-state index in [1.807, 2.05) is 12.1 Å². The Morgan fingerprint density at radius 1 is 1.11 bits per heavy atom. The molecule has 0 aromatic heterocycles. The van der Waals surface area contributed by atoms with Gasteiger partial charge >= 0.3 is 0 Å². The summed E-state index contributed by atoms with van der Waals surface area (Å²) < 4.78 is 0. The molecule has 1 nitrogen and oxygen atoms in total. The van der Waals surface area contributed by atoms with Crippen LogP contribution in [0.1, 0.15) is 17.5 Å². The molecule has 1 heterocycles. The Hall–Kier alpha value is -1.18. The summed E-state index contributed by atoms with van der Waals surface area (Å²) in [7, 11) is 0. The van der Waals surface area contributed by atoms with Crippen LogP contribution in [-0.4, -0.2) is 6.54 Å². The smallest absolute Gasteiger partial charge is 0.0488 e. The first kappa shape index (κ1) is 12.8. The van der Waals surface area contributed by atoms with E-state index in [0.717, 1.165) is 29.2 Å². The van der Waals surface area contributed by atoms with Gasteiger partial charge in [0.2, 0.25) is 0 Å². The molecule has 2 aromatic carbocycles. The van der Waals surface area contributed by atoms with Crippen LogP contribution in [0.15, 0.2) is 42.5 Å². The second-order valence-corrected chi connectivity index (χ2v) is 5.47. The summed E-state index contributed by atoms with van der Waals surface area (Å²) in [6.07, 6.45) is 2.33. The van der Waals surface area contributed by atoms with Crippen molar-refractivity contribution in [3.63, 3.8) is 0 Å². The van der Waals surface area contributed by atoms with Crippen LogP contribution in [0.4, 0.5) is 11.4 Å². The third-order valence-corrected chi connectivity index (χ3v) is 4.24. The van der Waals surface area contributed by atoms with E-state index in [-0.39, 0.29) is 0 Å². The fourth-order valence-electron chi connectivity index (χ4n) is 2.61. The number of benzene rings is 2. The van der Waals surface area contributed by atoms with E-state index in [1.54, 1.807) is 0 Å². The van der Waals surface area contributed by atoms with Crippen LogP contribution in [0.2, 0.25) is 5.02 Å². The average molecular weight is 292 g/mol. The van der Waals surface area contributed by atoms with Gasteiger partial charge in [0.1, 0.15) is 0 Å². The van der Waals surface area contributed by atoms with Gasteiger partial charge in [0.05, 0.1) is 0 Å². The number of fused-ring (bicyclic) bond motifs is 1. The molecule has 0 unspecified atom stereocenters. The largest absolute Gasteiger partial charge is 0.341 e. The fraction of sp³-hybridized carbons (Fsp3) is 0.250. The number of nitrogens with zero attached hydrogens (tertiary/aromatic N) is 1. The second-order valence-electron chi connectivity index (χ2n) is 4.79. The Kier molecular flexibility index (Phi) is 3.67. The van der Waals surface area contributed by atoms with Gasteiger partial charge in [-0.25, -0.2) is 0 Å². The molecule has 0 saturated heterocycles. The summed E-state index contributed by atoms with van der Waals surface area (Å²) in [5.41, 5.74) is 4.83. The van der Waals surface area contributed by atoms with Crippen LogP contribution in [0.5, 0.6) is 0 Å². The Bertz CT molecular complexity index is 595. The van der Waals surface area contributed by atoms with Crippen molar-refractivity contribution >= 4 is 34.6 Å². The van der Waals surface area contributed by atoms with Gasteiger partial charge in [-0.2, -0.15) is 0 Å². The lowest BCUT2D eigenvalue weighted by atomic mass is 10.0. The lowest BCUT2D eigenvalue weighted by Gasteiger charge is -2.31. The highest BCUT2D eigenvalue weighted by atomic mass is 35.5. The molecule has 19 heavy (non-hydrogen) atoms. The lowest BCUT2D eigenvalue weighted by molar-refractivity contribution is 0.767. The highest BCUT2D eigenvalue weighted by Gasteiger charge is 2.18. The third-order valence-electron chi connectivity index (χ3n) is 3.60. The minimum absolute atomic E-state index is 0.454. The van der Waals surface area contributed by atoms with Gasteiger partial charge in [0, 0.05) is 28.8 Å². The van der Waals surface area contributed by atoms with Crippen LogP contribution in [-0.2, 0) is 12.3 Å². The van der Waals surface area contributed by atoms with E-state index in [9.17, 15) is 0 Å². The van der Waals surface area contributed by atoms with Crippen LogP contribution in [0.3, 0.4) is 0 Å². The van der Waals surface area contributed by atoms with Crippen molar-refractivity contribution in [1.82, 2.24) is 0 Å². The molecular weight excluding hydrogens is 277 g/mol. The molecule has 0 spiro atoms. The van der Waals surface area contributed by atoms with Crippen molar-refractivity contribution in [1.29, 1.82) is 0 Å². The molecule has 0 radical (unpaired) electrons.